The van der Waals surface area contributed by atoms with Crippen LogP contribution in [0.2, 0.25) is 0 Å². The lowest BCUT2D eigenvalue weighted by Gasteiger charge is -2.18. The minimum absolute atomic E-state index is 0.0665. The van der Waals surface area contributed by atoms with Crippen LogP contribution in [0.15, 0.2) is 0 Å². The van der Waals surface area contributed by atoms with Crippen molar-refractivity contribution in [1.82, 2.24) is 35.4 Å². The Morgan fingerprint density at radius 3 is 1.14 bits per heavy atom. The molecule has 1 fully saturated rings. The minimum Gasteiger partial charge on any atom is -0.481 e. The number of carboxylic acids is 4. The molecule has 6 atom stereocenters. The first-order valence-corrected chi connectivity index (χ1v) is 29.1. The average Bonchev–Trinajstić information content (AvgIpc) is 4.14. The first-order chi connectivity index (χ1) is 38.4. The number of aliphatic hydroxyl groups excluding tert-OH is 1. The molecule has 0 bridgehead atoms. The molecule has 6 amide bonds. The normalized spacial score (nSPS) is 15.1. The van der Waals surface area contributed by atoms with Crippen molar-refractivity contribution in [3.05, 3.63) is 0 Å². The van der Waals surface area contributed by atoms with Gasteiger partial charge in [0, 0.05) is 80.6 Å². The summed E-state index contributed by atoms with van der Waals surface area (Å²) in [6.45, 7) is 1.40. The Balaban J connectivity index is 2.11. The highest BCUT2D eigenvalue weighted by Crippen LogP contribution is 2.26. The van der Waals surface area contributed by atoms with Crippen molar-refractivity contribution in [2.75, 3.05) is 72.5 Å². The molecule has 1 saturated heterocycles. The van der Waals surface area contributed by atoms with Crippen LogP contribution in [0.4, 0.5) is 0 Å². The van der Waals surface area contributed by atoms with Gasteiger partial charge in [-0.15, -0.1) is 0 Å². The van der Waals surface area contributed by atoms with Crippen LogP contribution in [0.3, 0.4) is 0 Å². The lowest BCUT2D eigenvalue weighted by atomic mass is 10.0. The summed E-state index contributed by atoms with van der Waals surface area (Å²) in [5.74, 6) is -8.32. The van der Waals surface area contributed by atoms with Crippen LogP contribution in [0.1, 0.15) is 161 Å². The fourth-order valence-corrected chi connectivity index (χ4v) is 8.64. The van der Waals surface area contributed by atoms with E-state index in [9.17, 15) is 68.4 Å². The summed E-state index contributed by atoms with van der Waals surface area (Å²) in [5, 5.41) is 61.8. The third-order valence-electron chi connectivity index (χ3n) is 12.6. The zero-order chi connectivity index (χ0) is 59.2. The highest BCUT2D eigenvalue weighted by molar-refractivity contribution is 14.1. The SMILES string of the molecule is O=C(O)CCCCCCCCCCCCCCCCC(=O)N[C@@H](CCC(=O)N[C@@H](CCC(=O)N[C@@H](CCC(=O)NCCOCCOCC(=O)NCCOCCOCC(=O)NCCCC[C@H](NI)C1OC1O)C(=O)O)C(=O)O)C(=O)O. The quantitative estimate of drug-likeness (QED) is 0.0179. The zero-order valence-corrected chi connectivity index (χ0v) is 48.3. The van der Waals surface area contributed by atoms with Gasteiger partial charge in [-0.25, -0.2) is 14.4 Å². The zero-order valence-electron chi connectivity index (χ0n) is 46.2. The summed E-state index contributed by atoms with van der Waals surface area (Å²) < 4.78 is 29.5. The molecule has 0 aromatic carbocycles. The molecule has 460 valence electrons. The van der Waals surface area contributed by atoms with Crippen molar-refractivity contribution < 1.29 is 97.2 Å². The van der Waals surface area contributed by atoms with E-state index in [-0.39, 0.29) is 122 Å². The van der Waals surface area contributed by atoms with Crippen LogP contribution in [0, 0.1) is 0 Å². The van der Waals surface area contributed by atoms with E-state index in [4.69, 9.17) is 28.8 Å². The number of epoxide rings is 1. The highest BCUT2D eigenvalue weighted by Gasteiger charge is 2.43. The minimum atomic E-state index is -1.57. The Hall–Kier alpha value is -4.85. The Morgan fingerprint density at radius 1 is 0.400 bits per heavy atom. The maximum Gasteiger partial charge on any atom is 0.326 e. The number of ether oxygens (including phenoxy) is 5. The molecule has 27 nitrogen and oxygen atoms in total. The number of nitrogens with one attached hydrogen (secondary N) is 7. The van der Waals surface area contributed by atoms with Gasteiger partial charge < -0.3 is 81.1 Å². The lowest BCUT2D eigenvalue weighted by Crippen LogP contribution is -2.45. The highest BCUT2D eigenvalue weighted by atomic mass is 127. The van der Waals surface area contributed by atoms with Gasteiger partial charge in [0.25, 0.3) is 0 Å². The average molecular weight is 1260 g/mol. The molecule has 1 aliphatic heterocycles. The smallest absolute Gasteiger partial charge is 0.326 e. The second kappa shape index (κ2) is 47.8. The molecule has 0 spiro atoms. The predicted octanol–water partition coefficient (Wildman–Crippen LogP) is 1.97. The van der Waals surface area contributed by atoms with E-state index in [1.807, 2.05) is 22.9 Å². The Kier molecular flexibility index (Phi) is 43.7. The van der Waals surface area contributed by atoms with Crippen molar-refractivity contribution in [2.24, 2.45) is 0 Å². The van der Waals surface area contributed by atoms with Gasteiger partial charge in [0.05, 0.1) is 39.6 Å². The Morgan fingerprint density at radius 2 is 0.750 bits per heavy atom. The lowest BCUT2D eigenvalue weighted by molar-refractivity contribution is -0.144. The van der Waals surface area contributed by atoms with Crippen molar-refractivity contribution in [2.45, 2.75) is 197 Å². The van der Waals surface area contributed by atoms with E-state index in [1.54, 1.807) is 0 Å². The Bertz CT molecular complexity index is 1820. The van der Waals surface area contributed by atoms with Crippen LogP contribution in [-0.4, -0.2) is 194 Å². The van der Waals surface area contributed by atoms with Gasteiger partial charge in [0.15, 0.2) is 6.29 Å². The largest absolute Gasteiger partial charge is 0.481 e. The second-order valence-corrected chi connectivity index (χ2v) is 20.0. The summed E-state index contributed by atoms with van der Waals surface area (Å²) in [4.78, 5) is 120. The Labute approximate surface area is 482 Å². The van der Waals surface area contributed by atoms with Crippen molar-refractivity contribution in [3.8, 4) is 0 Å². The van der Waals surface area contributed by atoms with Crippen LogP contribution >= 0.6 is 22.9 Å². The summed E-state index contributed by atoms with van der Waals surface area (Å²) in [6, 6.07) is -4.37. The van der Waals surface area contributed by atoms with Gasteiger partial charge in [-0.1, -0.05) is 83.5 Å². The second-order valence-electron chi connectivity index (χ2n) is 19.4. The number of hydrogen-bond acceptors (Lipinski definition) is 17. The fourth-order valence-electron chi connectivity index (χ4n) is 7.97. The van der Waals surface area contributed by atoms with Crippen LogP contribution in [0.25, 0.3) is 0 Å². The molecule has 1 heterocycles. The van der Waals surface area contributed by atoms with Crippen LogP contribution < -0.4 is 35.4 Å². The third kappa shape index (κ3) is 42.1. The molecular weight excluding hydrogens is 1170 g/mol. The van der Waals surface area contributed by atoms with Gasteiger partial charge in [-0.2, -0.15) is 0 Å². The number of carbonyl (C=O) groups is 10. The molecule has 0 aliphatic carbocycles. The fraction of sp³-hybridized carbons (Fsp3) is 0.808. The monoisotopic (exact) mass is 1260 g/mol. The maximum absolute atomic E-state index is 12.6. The van der Waals surface area contributed by atoms with E-state index in [0.717, 1.165) is 83.5 Å². The first kappa shape index (κ1) is 73.2. The van der Waals surface area contributed by atoms with Crippen molar-refractivity contribution >= 4 is 82.2 Å². The molecule has 0 aromatic rings. The number of carbonyl (C=O) groups excluding carboxylic acids is 6. The van der Waals surface area contributed by atoms with Crippen molar-refractivity contribution in [3.63, 3.8) is 0 Å². The van der Waals surface area contributed by atoms with Gasteiger partial charge in [0.1, 0.15) is 37.4 Å². The molecule has 12 N–H and O–H groups in total. The van der Waals surface area contributed by atoms with E-state index in [2.05, 4.69) is 35.4 Å². The maximum atomic E-state index is 12.6. The first-order valence-electron chi connectivity index (χ1n) is 28.0. The summed E-state index contributed by atoms with van der Waals surface area (Å²) in [6.07, 6.45) is 13.8. The van der Waals surface area contributed by atoms with Crippen molar-refractivity contribution in [1.29, 1.82) is 0 Å². The topological polar surface area (TPSA) is 406 Å². The standard InChI is InChI=1S/C52H90IN7O20/c53-60-37(48-52(75)80-48)17-15-16-26-54-45(65)35-78-33-32-77-30-28-56-46(66)36-79-34-31-76-29-27-55-41(61)23-20-38(49(69)70)58-43(63)25-22-40(51(73)74)59-44(64)24-21-39(50(71)72)57-42(62)18-13-11-9-7-5-3-1-2-4-6-8-10-12-14-19-47(67)68/h37-40,48,52,60,75H,1-36H2,(H,54,65)(H,55,61)(H,56,66)(H,57,62)(H,58,63)(H,59,64)(H,67,68)(H,69,70)(H,71,72)(H,73,74)/t37-,38-,39-,40-,48?,52?/m0/s1. The predicted molar refractivity (Wildman–Crippen MR) is 296 cm³/mol. The number of aliphatic carboxylic acids is 4. The van der Waals surface area contributed by atoms with Gasteiger partial charge >= 0.3 is 23.9 Å². The number of hydrogen-bond donors (Lipinski definition) is 12. The summed E-state index contributed by atoms with van der Waals surface area (Å²) in [5.41, 5.74) is 0. The third-order valence-corrected chi connectivity index (χ3v) is 13.4. The molecule has 0 saturated carbocycles. The molecule has 1 aliphatic rings. The summed E-state index contributed by atoms with van der Waals surface area (Å²) in [7, 11) is 0. The number of amides is 6. The van der Waals surface area contributed by atoms with Gasteiger partial charge in [-0.05, 0) is 44.9 Å². The number of unbranched alkanes of at least 4 members (excludes halogenated alkanes) is 14. The van der Waals surface area contributed by atoms with E-state index < -0.39 is 91.2 Å². The number of halogens is 1. The molecule has 1 rings (SSSR count). The van der Waals surface area contributed by atoms with Gasteiger partial charge in [-0.3, -0.25) is 37.1 Å². The summed E-state index contributed by atoms with van der Waals surface area (Å²) >= 11 is 2.03. The molecule has 80 heavy (non-hydrogen) atoms. The van der Waals surface area contributed by atoms with Crippen LogP contribution in [0.5, 0.6) is 0 Å². The molecule has 0 aromatic heterocycles. The molecular formula is C52H90IN7O20. The van der Waals surface area contributed by atoms with Gasteiger partial charge in [0.2, 0.25) is 35.4 Å². The van der Waals surface area contributed by atoms with Crippen LogP contribution in [-0.2, 0) is 71.6 Å². The van der Waals surface area contributed by atoms with E-state index in [0.29, 0.717) is 13.0 Å². The number of rotatable bonds is 55. The number of carboxylic acid groups (broad SMARTS) is 4. The molecule has 2 unspecified atom stereocenters. The molecule has 28 heteroatoms. The van der Waals surface area contributed by atoms with E-state index in [1.165, 1.54) is 19.3 Å². The van der Waals surface area contributed by atoms with E-state index >= 15 is 0 Å². The molecule has 0 radical (unpaired) electrons. The number of aliphatic hydroxyl groups is 1.